The van der Waals surface area contributed by atoms with Gasteiger partial charge in [-0.3, -0.25) is 5.10 Å². The maximum atomic E-state index is 4.06. The zero-order valence-corrected chi connectivity index (χ0v) is 11.8. The van der Waals surface area contributed by atoms with Gasteiger partial charge in [0.15, 0.2) is 0 Å². The Labute approximate surface area is 99.8 Å². The zero-order valence-electron chi connectivity index (χ0n) is 11.8. The normalized spacial score (nSPS) is 11.2. The maximum absolute atomic E-state index is 4.06. The van der Waals surface area contributed by atoms with Gasteiger partial charge in [0, 0.05) is 5.22 Å². The molecule has 0 aliphatic carbocycles. The number of hydrogen-bond donors (Lipinski definition) is 1. The minimum Gasteiger partial charge on any atom is -0.278 e. The summed E-state index contributed by atoms with van der Waals surface area (Å²) in [6.45, 7) is 17.9. The first-order chi connectivity index (χ1) is 7.65. The summed E-state index contributed by atoms with van der Waals surface area (Å²) in [5.74, 6) is 0. The Kier molecular flexibility index (Phi) is 10.9. The van der Waals surface area contributed by atoms with Crippen LogP contribution in [-0.4, -0.2) is 10.2 Å². The minimum atomic E-state index is 0.963. The Balaban J connectivity index is 0. The van der Waals surface area contributed by atoms with Gasteiger partial charge in [-0.1, -0.05) is 45.9 Å². The summed E-state index contributed by atoms with van der Waals surface area (Å²) in [4.78, 5) is 0. The van der Waals surface area contributed by atoms with Crippen molar-refractivity contribution < 1.29 is 0 Å². The van der Waals surface area contributed by atoms with Gasteiger partial charge in [0.2, 0.25) is 0 Å². The molecule has 0 spiro atoms. The molecule has 1 aromatic heterocycles. The quantitative estimate of drug-likeness (QED) is 0.777. The lowest BCUT2D eigenvalue weighted by Crippen LogP contribution is -2.22. The average Bonchev–Trinajstić information content (AvgIpc) is 2.66. The molecule has 0 radical (unpaired) electrons. The first kappa shape index (κ1) is 17.1. The smallest absolute Gasteiger partial charge is 0.0663 e. The lowest BCUT2D eigenvalue weighted by molar-refractivity contribution is 1.03. The van der Waals surface area contributed by atoms with Crippen molar-refractivity contribution in [3.05, 3.63) is 27.9 Å². The summed E-state index contributed by atoms with van der Waals surface area (Å²) in [6, 6.07) is 0. The highest BCUT2D eigenvalue weighted by Crippen LogP contribution is 1.90. The summed E-state index contributed by atoms with van der Waals surface area (Å²) in [7, 11) is 0. The lowest BCUT2D eigenvalue weighted by atomic mass is 10.2. The monoisotopic (exact) mass is 222 g/mol. The highest BCUT2D eigenvalue weighted by atomic mass is 15.1. The van der Waals surface area contributed by atoms with Gasteiger partial charge in [0.25, 0.3) is 0 Å². The molecule has 2 nitrogen and oxygen atoms in total. The zero-order chi connectivity index (χ0) is 13.1. The van der Waals surface area contributed by atoms with Crippen LogP contribution in [0.1, 0.15) is 47.2 Å². The topological polar surface area (TPSA) is 28.7 Å². The fourth-order valence-corrected chi connectivity index (χ4v) is 0.904. The SMILES string of the molecule is C=c1c(C)n[nH]/c1=C/C(C)=C\C.CC.CC. The van der Waals surface area contributed by atoms with E-state index in [9.17, 15) is 0 Å². The molecule has 1 N–H and O–H groups in total. The van der Waals surface area contributed by atoms with Gasteiger partial charge in [-0.25, -0.2) is 0 Å². The molecule has 0 bridgehead atoms. The third-order valence-corrected chi connectivity index (χ3v) is 1.93. The van der Waals surface area contributed by atoms with Gasteiger partial charge in [-0.15, -0.1) is 0 Å². The predicted molar refractivity (Wildman–Crippen MR) is 74.7 cm³/mol. The fourth-order valence-electron chi connectivity index (χ4n) is 0.904. The summed E-state index contributed by atoms with van der Waals surface area (Å²) in [5, 5.41) is 8.97. The molecule has 0 saturated carbocycles. The van der Waals surface area contributed by atoms with Gasteiger partial charge >= 0.3 is 0 Å². The predicted octanol–water partition coefficient (Wildman–Crippen LogP) is 2.93. The van der Waals surface area contributed by atoms with Gasteiger partial charge in [-0.2, -0.15) is 5.10 Å². The second-order valence-electron chi connectivity index (χ2n) is 2.88. The lowest BCUT2D eigenvalue weighted by Gasteiger charge is -1.84. The summed E-state index contributed by atoms with van der Waals surface area (Å²) in [6.07, 6.45) is 4.10. The van der Waals surface area contributed by atoms with E-state index in [4.69, 9.17) is 0 Å². The number of hydrogen-bond acceptors (Lipinski definition) is 1. The number of rotatable bonds is 1. The van der Waals surface area contributed by atoms with Crippen LogP contribution in [0, 0.1) is 6.92 Å². The number of aromatic nitrogens is 2. The molecular weight excluding hydrogens is 196 g/mol. The molecule has 92 valence electrons. The van der Waals surface area contributed by atoms with Crippen molar-refractivity contribution in [2.75, 3.05) is 0 Å². The van der Waals surface area contributed by atoms with E-state index in [1.165, 1.54) is 5.57 Å². The van der Waals surface area contributed by atoms with E-state index in [1.807, 2.05) is 47.6 Å². The molecule has 0 fully saturated rings. The highest BCUT2D eigenvalue weighted by molar-refractivity contribution is 5.43. The third-order valence-electron chi connectivity index (χ3n) is 1.93. The Morgan fingerprint density at radius 1 is 1.25 bits per heavy atom. The second-order valence-corrected chi connectivity index (χ2v) is 2.88. The number of aryl methyl sites for hydroxylation is 1. The molecule has 0 saturated heterocycles. The maximum Gasteiger partial charge on any atom is 0.0663 e. The minimum absolute atomic E-state index is 0.963. The van der Waals surface area contributed by atoms with Crippen molar-refractivity contribution in [1.82, 2.24) is 10.2 Å². The van der Waals surface area contributed by atoms with Gasteiger partial charge in [0.05, 0.1) is 11.0 Å². The van der Waals surface area contributed by atoms with E-state index in [1.54, 1.807) is 0 Å². The Morgan fingerprint density at radius 3 is 2.06 bits per heavy atom. The number of nitrogens with zero attached hydrogens (tertiary/aromatic N) is 1. The van der Waals surface area contributed by atoms with E-state index in [0.717, 1.165) is 16.3 Å². The van der Waals surface area contributed by atoms with Gasteiger partial charge in [-0.05, 0) is 26.8 Å². The molecule has 16 heavy (non-hydrogen) atoms. The fraction of sp³-hybridized carbons (Fsp3) is 0.500. The van der Waals surface area contributed by atoms with E-state index in [2.05, 4.69) is 29.8 Å². The van der Waals surface area contributed by atoms with Crippen LogP contribution < -0.4 is 10.6 Å². The molecule has 1 aromatic rings. The second kappa shape index (κ2) is 10.2. The molecule has 0 aliphatic heterocycles. The van der Waals surface area contributed by atoms with Crippen molar-refractivity contribution >= 4 is 12.7 Å². The van der Waals surface area contributed by atoms with E-state index in [-0.39, 0.29) is 0 Å². The van der Waals surface area contributed by atoms with E-state index in [0.29, 0.717) is 0 Å². The van der Waals surface area contributed by atoms with Crippen LogP contribution in [0.4, 0.5) is 0 Å². The highest BCUT2D eigenvalue weighted by Gasteiger charge is 1.91. The average molecular weight is 222 g/mol. The number of nitrogens with one attached hydrogen (secondary N) is 1. The number of aromatic amines is 1. The van der Waals surface area contributed by atoms with Crippen LogP contribution in [0.25, 0.3) is 12.7 Å². The molecule has 1 heterocycles. The Hall–Kier alpha value is -1.31. The third kappa shape index (κ3) is 5.54. The summed E-state index contributed by atoms with van der Waals surface area (Å²) in [5.41, 5.74) is 2.17. The van der Waals surface area contributed by atoms with Crippen LogP contribution in [0.5, 0.6) is 0 Å². The van der Waals surface area contributed by atoms with Crippen molar-refractivity contribution in [3.8, 4) is 0 Å². The van der Waals surface area contributed by atoms with Crippen LogP contribution in [0.3, 0.4) is 0 Å². The van der Waals surface area contributed by atoms with Crippen LogP contribution in [0.2, 0.25) is 0 Å². The molecule has 0 atom stereocenters. The molecule has 0 unspecified atom stereocenters. The summed E-state index contributed by atoms with van der Waals surface area (Å²) < 4.78 is 0. The molecule has 1 rings (SSSR count). The van der Waals surface area contributed by atoms with Crippen molar-refractivity contribution in [2.24, 2.45) is 0 Å². The Morgan fingerprint density at radius 2 is 1.75 bits per heavy atom. The first-order valence-electron chi connectivity index (χ1n) is 5.99. The molecule has 0 aliphatic rings. The van der Waals surface area contributed by atoms with Crippen molar-refractivity contribution in [2.45, 2.75) is 48.5 Å². The standard InChI is InChI=1S/C10H14N2.2C2H6/c1-5-7(2)6-10-8(3)9(4)11-12-10;2*1-2/h5-6,12H,3H2,1-2,4H3;2*1-2H3/b7-5-,10-6+;;. The summed E-state index contributed by atoms with van der Waals surface area (Å²) >= 11 is 0. The number of allylic oxidation sites excluding steroid dienone is 2. The molecular formula is C14H26N2. The molecule has 2 heteroatoms. The molecule has 0 aromatic carbocycles. The number of H-pyrrole nitrogens is 1. The van der Waals surface area contributed by atoms with Gasteiger partial charge in [0.1, 0.15) is 0 Å². The van der Waals surface area contributed by atoms with Crippen molar-refractivity contribution in [1.29, 1.82) is 0 Å². The Bertz CT molecular complexity index is 397. The van der Waals surface area contributed by atoms with Crippen LogP contribution >= 0.6 is 0 Å². The largest absolute Gasteiger partial charge is 0.278 e. The first-order valence-corrected chi connectivity index (χ1v) is 5.99. The van der Waals surface area contributed by atoms with E-state index >= 15 is 0 Å². The van der Waals surface area contributed by atoms with Crippen molar-refractivity contribution in [3.63, 3.8) is 0 Å². The molecule has 0 amide bonds. The van der Waals surface area contributed by atoms with E-state index < -0.39 is 0 Å². The van der Waals surface area contributed by atoms with Crippen LogP contribution in [-0.2, 0) is 0 Å². The van der Waals surface area contributed by atoms with Gasteiger partial charge < -0.3 is 0 Å². The van der Waals surface area contributed by atoms with Crippen LogP contribution in [0.15, 0.2) is 11.6 Å².